The van der Waals surface area contributed by atoms with Crippen LogP contribution in [-0.2, 0) is 14.9 Å². The predicted octanol–water partition coefficient (Wildman–Crippen LogP) is 5.39. The number of amides is 1. The Morgan fingerprint density at radius 3 is 1.82 bits per heavy atom. The minimum atomic E-state index is -6.81. The monoisotopic (exact) mass is 962 g/mol. The van der Waals surface area contributed by atoms with Gasteiger partial charge >= 0.3 is 17.4 Å². The van der Waals surface area contributed by atoms with Crippen LogP contribution >= 0.6 is 90.4 Å². The maximum absolute atomic E-state index is 13.9. The lowest BCUT2D eigenvalue weighted by atomic mass is 9.97. The number of hydrogen-bond donors (Lipinski definition) is 1. The first-order valence-electron chi connectivity index (χ1n) is 9.19. The summed E-state index contributed by atoms with van der Waals surface area (Å²) >= 11 is 6.85. The van der Waals surface area contributed by atoms with Crippen molar-refractivity contribution in [3.63, 3.8) is 0 Å². The van der Waals surface area contributed by atoms with Crippen molar-refractivity contribution in [2.24, 2.45) is 0 Å². The number of nitrogens with one attached hydrogen (secondary N) is 1. The van der Waals surface area contributed by atoms with Gasteiger partial charge in [0.15, 0.2) is 10.1 Å². The molecule has 0 aromatic heterocycles. The highest BCUT2D eigenvalue weighted by Crippen LogP contribution is 2.38. The van der Waals surface area contributed by atoms with Crippen LogP contribution in [-0.4, -0.2) is 48.4 Å². The van der Waals surface area contributed by atoms with Crippen LogP contribution in [0.2, 0.25) is 0 Å². The highest BCUT2D eigenvalue weighted by molar-refractivity contribution is 14.1. The summed E-state index contributed by atoms with van der Waals surface area (Å²) in [4.78, 5) is 25.8. The number of rotatable bonds is 6. The van der Waals surface area contributed by atoms with Gasteiger partial charge in [-0.2, -0.15) is 22.0 Å². The number of alkyl halides is 5. The zero-order valence-electron chi connectivity index (χ0n) is 16.4. The Morgan fingerprint density at radius 1 is 0.912 bits per heavy atom. The van der Waals surface area contributed by atoms with E-state index in [0.29, 0.717) is 20.0 Å². The van der Waals surface area contributed by atoms with Crippen LogP contribution in [0.25, 0.3) is 0 Å². The van der Waals surface area contributed by atoms with Gasteiger partial charge in [0, 0.05) is 14.3 Å². The van der Waals surface area contributed by atoms with Gasteiger partial charge in [0.25, 0.3) is 5.91 Å². The quantitative estimate of drug-likeness (QED) is 0.102. The molecule has 0 bridgehead atoms. The number of carbonyl (C=O) groups is 2. The molecule has 0 radical (unpaired) electrons. The number of hydrogen-bond acceptors (Lipinski definition) is 6. The highest BCUT2D eigenvalue weighted by Gasteiger charge is 2.61. The molecule has 1 N–H and O–H groups in total. The van der Waals surface area contributed by atoms with Gasteiger partial charge in [0.1, 0.15) is 6.10 Å². The molecule has 1 aromatic carbocycles. The summed E-state index contributed by atoms with van der Waals surface area (Å²) in [7, 11) is -6.81. The van der Waals surface area contributed by atoms with Crippen molar-refractivity contribution in [3.8, 4) is 0 Å². The van der Waals surface area contributed by atoms with Crippen LogP contribution in [0, 0.1) is 14.3 Å². The van der Waals surface area contributed by atoms with Gasteiger partial charge in [-0.3, -0.25) is 4.79 Å². The van der Waals surface area contributed by atoms with E-state index in [9.17, 15) is 44.5 Å². The molecule has 7 nitrogen and oxygen atoms in total. The van der Waals surface area contributed by atoms with Crippen LogP contribution in [0.1, 0.15) is 52.8 Å². The number of benzene rings is 1. The van der Waals surface area contributed by atoms with Crippen molar-refractivity contribution >= 4 is 112 Å². The lowest BCUT2D eigenvalue weighted by Gasteiger charge is -2.31. The van der Waals surface area contributed by atoms with Gasteiger partial charge in [0.2, 0.25) is 6.04 Å². The SMILES string of the molecule is O=C(NC(C(F)(F)F)C(F)(F)S(=O)(=O)[O-])c1c(I)c(I)c(I)c(I)c1C(=O)OC1CCCCC1. The lowest BCUT2D eigenvalue weighted by molar-refractivity contribution is -0.191. The second-order valence-corrected chi connectivity index (χ2v) is 12.9. The van der Waals surface area contributed by atoms with Crippen molar-refractivity contribution in [2.75, 3.05) is 0 Å². The molecule has 2 rings (SSSR count). The predicted molar refractivity (Wildman–Crippen MR) is 142 cm³/mol. The average Bonchev–Trinajstić information content (AvgIpc) is 2.71. The van der Waals surface area contributed by atoms with E-state index in [1.54, 1.807) is 67.8 Å². The molecule has 0 aliphatic heterocycles. The Kier molecular flexibility index (Phi) is 10.5. The first-order valence-corrected chi connectivity index (χ1v) is 14.9. The van der Waals surface area contributed by atoms with Crippen LogP contribution in [0.5, 0.6) is 0 Å². The van der Waals surface area contributed by atoms with E-state index < -0.39 is 56.7 Å². The Labute approximate surface area is 245 Å². The summed E-state index contributed by atoms with van der Waals surface area (Å²) in [5.41, 5.74) is -1.13. The molecule has 17 heteroatoms. The molecule has 1 fully saturated rings. The normalized spacial score (nSPS) is 16.8. The first kappa shape index (κ1) is 30.9. The molecule has 34 heavy (non-hydrogen) atoms. The van der Waals surface area contributed by atoms with Gasteiger partial charge in [-0.1, -0.05) is 6.42 Å². The maximum Gasteiger partial charge on any atom is 0.415 e. The van der Waals surface area contributed by atoms with Gasteiger partial charge in [0.05, 0.1) is 11.1 Å². The van der Waals surface area contributed by atoms with Crippen LogP contribution in [0.4, 0.5) is 22.0 Å². The molecule has 0 heterocycles. The van der Waals surface area contributed by atoms with Crippen molar-refractivity contribution in [1.82, 2.24) is 5.32 Å². The van der Waals surface area contributed by atoms with Crippen molar-refractivity contribution in [3.05, 3.63) is 25.4 Å². The number of esters is 1. The second kappa shape index (κ2) is 11.6. The molecule has 1 aliphatic carbocycles. The topological polar surface area (TPSA) is 113 Å². The molecule has 1 unspecified atom stereocenters. The van der Waals surface area contributed by atoms with E-state index in [0.717, 1.165) is 24.6 Å². The van der Waals surface area contributed by atoms with E-state index in [1.807, 2.05) is 22.6 Å². The molecular formula is C17H13F5I4NO6S-. The lowest BCUT2D eigenvalue weighted by Crippen LogP contribution is -2.59. The summed E-state index contributed by atoms with van der Waals surface area (Å²) in [6.45, 7) is 0. The minimum absolute atomic E-state index is 0.0367. The summed E-state index contributed by atoms with van der Waals surface area (Å²) in [5.74, 6) is -2.83. The van der Waals surface area contributed by atoms with E-state index in [4.69, 9.17) is 4.74 Å². The maximum atomic E-state index is 13.9. The third-order valence-corrected chi connectivity index (χ3v) is 13.1. The molecule has 192 valence electrons. The molecule has 0 spiro atoms. The van der Waals surface area contributed by atoms with Crippen molar-refractivity contribution < 1.29 is 49.2 Å². The van der Waals surface area contributed by atoms with Crippen molar-refractivity contribution in [2.45, 2.75) is 55.7 Å². The highest BCUT2D eigenvalue weighted by atomic mass is 127. The fourth-order valence-corrected chi connectivity index (χ4v) is 7.27. The third-order valence-electron chi connectivity index (χ3n) is 4.80. The van der Waals surface area contributed by atoms with E-state index in [2.05, 4.69) is 0 Å². The Bertz CT molecular complexity index is 1090. The number of halogens is 9. The second-order valence-electron chi connectivity index (χ2n) is 7.14. The molecule has 1 amide bonds. The van der Waals surface area contributed by atoms with Crippen LogP contribution in [0.3, 0.4) is 0 Å². The fourth-order valence-electron chi connectivity index (χ4n) is 3.13. The molecule has 1 aliphatic rings. The van der Waals surface area contributed by atoms with E-state index in [1.165, 1.54) is 0 Å². The summed E-state index contributed by atoms with van der Waals surface area (Å²) in [5, 5.41) is -4.99. The van der Waals surface area contributed by atoms with Gasteiger partial charge in [-0.15, -0.1) is 0 Å². The summed E-state index contributed by atoms with van der Waals surface area (Å²) in [6, 6.07) is -4.34. The van der Waals surface area contributed by atoms with E-state index in [-0.39, 0.29) is 7.14 Å². The molecule has 1 aromatic rings. The molecule has 1 atom stereocenters. The Balaban J connectivity index is 2.60. The molecule has 1 saturated carbocycles. The average molecular weight is 962 g/mol. The molecular weight excluding hydrogens is 949 g/mol. The smallest absolute Gasteiger partial charge is 0.415 e. The molecule has 0 saturated heterocycles. The Hall–Kier alpha value is 0.640. The third kappa shape index (κ3) is 6.74. The summed E-state index contributed by atoms with van der Waals surface area (Å²) in [6.07, 6.45) is -2.88. The van der Waals surface area contributed by atoms with Crippen LogP contribution < -0.4 is 5.32 Å². The zero-order valence-corrected chi connectivity index (χ0v) is 25.9. The summed E-state index contributed by atoms with van der Waals surface area (Å²) < 4.78 is 107. The van der Waals surface area contributed by atoms with Gasteiger partial charge < -0.3 is 14.6 Å². The number of carbonyl (C=O) groups excluding carboxylic acids is 2. The minimum Gasteiger partial charge on any atom is -0.743 e. The fraction of sp³-hybridized carbons (Fsp3) is 0.529. The zero-order chi connectivity index (χ0) is 26.2. The number of ether oxygens (including phenoxy) is 1. The van der Waals surface area contributed by atoms with E-state index >= 15 is 0 Å². The van der Waals surface area contributed by atoms with Gasteiger partial charge in [-0.05, 0) is 116 Å². The standard InChI is InChI=1S/C17H14F5I4NO6S/c18-16(19,20)15(17(21,22)34(30,31)32)27-13(28)7-8(10(24)12(26)11(25)9(7)23)14(29)33-6-4-2-1-3-5-6/h6,15H,1-5H2,(H,27,28)(H,30,31,32)/p-1. The Morgan fingerprint density at radius 2 is 1.38 bits per heavy atom. The van der Waals surface area contributed by atoms with Gasteiger partial charge in [-0.25, -0.2) is 13.2 Å². The van der Waals surface area contributed by atoms with Crippen molar-refractivity contribution in [1.29, 1.82) is 0 Å². The largest absolute Gasteiger partial charge is 0.743 e. The first-order chi connectivity index (χ1) is 15.4. The van der Waals surface area contributed by atoms with Crippen LogP contribution in [0.15, 0.2) is 0 Å².